The number of hydrogen-bond acceptors (Lipinski definition) is 1. The second kappa shape index (κ2) is 4.96. The Labute approximate surface area is 90.2 Å². The van der Waals surface area contributed by atoms with Crippen LogP contribution in [0.5, 0.6) is 0 Å². The molecule has 0 amide bonds. The molecule has 0 saturated heterocycles. The molecule has 0 bridgehead atoms. The van der Waals surface area contributed by atoms with E-state index >= 15 is 0 Å². The first-order chi connectivity index (χ1) is 7.10. The molecular formula is C11H19N2O2+. The molecule has 4 heteroatoms. The van der Waals surface area contributed by atoms with Crippen molar-refractivity contribution < 1.29 is 14.5 Å². The van der Waals surface area contributed by atoms with Crippen molar-refractivity contribution in [3.05, 3.63) is 18.2 Å². The fraction of sp³-hybridized carbons (Fsp3) is 0.636. The van der Waals surface area contributed by atoms with Crippen LogP contribution >= 0.6 is 0 Å². The molecule has 1 unspecified atom stereocenters. The minimum Gasteiger partial charge on any atom is -0.481 e. The van der Waals surface area contributed by atoms with Gasteiger partial charge in [0.1, 0.15) is 18.9 Å². The van der Waals surface area contributed by atoms with Crippen LogP contribution in [0.1, 0.15) is 26.6 Å². The summed E-state index contributed by atoms with van der Waals surface area (Å²) in [7, 11) is 0. The normalized spacial score (nSPS) is 12.7. The lowest BCUT2D eigenvalue weighted by atomic mass is 10.2. The average molecular weight is 211 g/mol. The molecule has 15 heavy (non-hydrogen) atoms. The van der Waals surface area contributed by atoms with E-state index in [1.807, 2.05) is 17.0 Å². The van der Waals surface area contributed by atoms with Gasteiger partial charge in [-0.05, 0) is 13.8 Å². The van der Waals surface area contributed by atoms with E-state index in [1.54, 1.807) is 6.92 Å². The highest BCUT2D eigenvalue weighted by molar-refractivity contribution is 5.69. The zero-order valence-electron chi connectivity index (χ0n) is 9.60. The lowest BCUT2D eigenvalue weighted by molar-refractivity contribution is -0.707. The molecule has 1 atom stereocenters. The topological polar surface area (TPSA) is 46.1 Å². The van der Waals surface area contributed by atoms with Crippen molar-refractivity contribution in [1.29, 1.82) is 0 Å². The molecule has 0 aliphatic rings. The van der Waals surface area contributed by atoms with Crippen molar-refractivity contribution in [2.24, 2.45) is 5.92 Å². The van der Waals surface area contributed by atoms with E-state index < -0.39 is 5.97 Å². The Morgan fingerprint density at radius 1 is 1.60 bits per heavy atom. The summed E-state index contributed by atoms with van der Waals surface area (Å²) in [5, 5.41) is 8.85. The quantitative estimate of drug-likeness (QED) is 0.741. The highest BCUT2D eigenvalue weighted by atomic mass is 16.4. The van der Waals surface area contributed by atoms with E-state index in [0.717, 1.165) is 13.0 Å². The fourth-order valence-electron chi connectivity index (χ4n) is 1.73. The van der Waals surface area contributed by atoms with Crippen molar-refractivity contribution in [1.82, 2.24) is 4.57 Å². The monoisotopic (exact) mass is 211 g/mol. The molecule has 1 aromatic heterocycles. The summed E-state index contributed by atoms with van der Waals surface area (Å²) in [5.41, 5.74) is 0. The minimum absolute atomic E-state index is 0.340. The molecular weight excluding hydrogens is 192 g/mol. The zero-order valence-corrected chi connectivity index (χ0v) is 9.60. The third-order valence-corrected chi connectivity index (χ3v) is 2.64. The van der Waals surface area contributed by atoms with Crippen molar-refractivity contribution >= 4 is 5.97 Å². The SMILES string of the molecule is CCc1n(CC)cc[n+]1CC(C)C(=O)O. The standard InChI is InChI=1S/C11H18N2O2/c1-4-10-12(5-2)6-7-13(10)8-9(3)11(14)15/h6-7,9H,4-5,8H2,1-3H3/p+1. The number of aliphatic carboxylic acids is 1. The predicted octanol–water partition coefficient (Wildman–Crippen LogP) is 1.08. The first kappa shape index (κ1) is 11.8. The number of carboxylic acid groups (broad SMARTS) is 1. The molecule has 1 aromatic rings. The molecule has 0 aliphatic heterocycles. The smallest absolute Gasteiger partial charge is 0.310 e. The molecule has 0 radical (unpaired) electrons. The van der Waals surface area contributed by atoms with Crippen LogP contribution in [0.2, 0.25) is 0 Å². The summed E-state index contributed by atoms with van der Waals surface area (Å²) < 4.78 is 4.18. The Morgan fingerprint density at radius 3 is 2.73 bits per heavy atom. The molecule has 0 fully saturated rings. The summed E-state index contributed by atoms with van der Waals surface area (Å²) in [4.78, 5) is 10.8. The molecule has 0 aliphatic carbocycles. The number of nitrogens with zero attached hydrogens (tertiary/aromatic N) is 2. The molecule has 0 spiro atoms. The van der Waals surface area contributed by atoms with Gasteiger partial charge in [-0.3, -0.25) is 4.79 Å². The maximum Gasteiger partial charge on any atom is 0.310 e. The largest absolute Gasteiger partial charge is 0.481 e. The average Bonchev–Trinajstić information content (AvgIpc) is 2.59. The first-order valence-electron chi connectivity index (χ1n) is 5.40. The van der Waals surface area contributed by atoms with Gasteiger partial charge in [0.15, 0.2) is 0 Å². The third kappa shape index (κ3) is 2.58. The highest BCUT2D eigenvalue weighted by Gasteiger charge is 2.19. The number of aryl methyl sites for hydroxylation is 1. The Kier molecular flexibility index (Phi) is 3.88. The summed E-state index contributed by atoms with van der Waals surface area (Å²) in [5.74, 6) is 0.104. The van der Waals surface area contributed by atoms with Gasteiger partial charge in [-0.25, -0.2) is 9.13 Å². The van der Waals surface area contributed by atoms with Gasteiger partial charge in [-0.15, -0.1) is 0 Å². The first-order valence-corrected chi connectivity index (χ1v) is 5.40. The van der Waals surface area contributed by atoms with Crippen molar-refractivity contribution in [2.75, 3.05) is 0 Å². The van der Waals surface area contributed by atoms with E-state index in [1.165, 1.54) is 5.82 Å². The number of aromatic nitrogens is 2. The predicted molar refractivity (Wildman–Crippen MR) is 56.5 cm³/mol. The number of imidazole rings is 1. The Morgan fingerprint density at radius 2 is 2.27 bits per heavy atom. The van der Waals surface area contributed by atoms with E-state index in [0.29, 0.717) is 6.54 Å². The zero-order chi connectivity index (χ0) is 11.4. The van der Waals surface area contributed by atoms with Crippen LogP contribution in [0.3, 0.4) is 0 Å². The molecule has 0 saturated carbocycles. The number of hydrogen-bond donors (Lipinski definition) is 1. The highest BCUT2D eigenvalue weighted by Crippen LogP contribution is 2.00. The number of carboxylic acids is 1. The second-order valence-electron chi connectivity index (χ2n) is 3.75. The van der Waals surface area contributed by atoms with Crippen LogP contribution in [0, 0.1) is 5.92 Å². The fourth-order valence-corrected chi connectivity index (χ4v) is 1.73. The molecule has 1 N–H and O–H groups in total. The van der Waals surface area contributed by atoms with Gasteiger partial charge in [0.05, 0.1) is 12.5 Å². The van der Waals surface area contributed by atoms with Gasteiger partial charge in [-0.2, -0.15) is 0 Å². The summed E-state index contributed by atoms with van der Waals surface area (Å²) in [6.07, 6.45) is 4.89. The van der Waals surface area contributed by atoms with Crippen LogP contribution in [-0.4, -0.2) is 15.6 Å². The van der Waals surface area contributed by atoms with Crippen LogP contribution in [0.15, 0.2) is 12.4 Å². The van der Waals surface area contributed by atoms with Crippen LogP contribution in [0.4, 0.5) is 0 Å². The van der Waals surface area contributed by atoms with E-state index in [-0.39, 0.29) is 5.92 Å². The van der Waals surface area contributed by atoms with Gasteiger partial charge >= 0.3 is 5.97 Å². The lowest BCUT2D eigenvalue weighted by Crippen LogP contribution is -2.41. The van der Waals surface area contributed by atoms with E-state index in [2.05, 4.69) is 18.4 Å². The van der Waals surface area contributed by atoms with Gasteiger partial charge in [0, 0.05) is 6.42 Å². The molecule has 84 valence electrons. The van der Waals surface area contributed by atoms with Crippen LogP contribution < -0.4 is 4.57 Å². The van der Waals surface area contributed by atoms with E-state index in [4.69, 9.17) is 5.11 Å². The van der Waals surface area contributed by atoms with E-state index in [9.17, 15) is 4.79 Å². The van der Waals surface area contributed by atoms with Crippen molar-refractivity contribution in [3.8, 4) is 0 Å². The summed E-state index contributed by atoms with van der Waals surface area (Å²) >= 11 is 0. The maximum atomic E-state index is 10.8. The minimum atomic E-state index is -0.742. The Bertz CT molecular complexity index is 344. The van der Waals surface area contributed by atoms with Gasteiger partial charge in [-0.1, -0.05) is 6.92 Å². The summed E-state index contributed by atoms with van der Waals surface area (Å²) in [6, 6.07) is 0. The van der Waals surface area contributed by atoms with Gasteiger partial charge in [0.25, 0.3) is 5.82 Å². The second-order valence-corrected chi connectivity index (χ2v) is 3.75. The molecule has 1 heterocycles. The summed E-state index contributed by atoms with van der Waals surface area (Å²) in [6.45, 7) is 7.38. The Balaban J connectivity index is 2.85. The molecule has 1 rings (SSSR count). The Hall–Kier alpha value is -1.32. The molecule has 0 aromatic carbocycles. The van der Waals surface area contributed by atoms with Crippen LogP contribution in [-0.2, 0) is 24.3 Å². The third-order valence-electron chi connectivity index (χ3n) is 2.64. The van der Waals surface area contributed by atoms with Crippen molar-refractivity contribution in [3.63, 3.8) is 0 Å². The molecule has 4 nitrogen and oxygen atoms in total. The van der Waals surface area contributed by atoms with Gasteiger partial charge < -0.3 is 5.11 Å². The van der Waals surface area contributed by atoms with Gasteiger partial charge in [0.2, 0.25) is 0 Å². The lowest BCUT2D eigenvalue weighted by Gasteiger charge is -2.05. The number of rotatable bonds is 5. The van der Waals surface area contributed by atoms with Crippen LogP contribution in [0.25, 0.3) is 0 Å². The maximum absolute atomic E-state index is 10.8. The van der Waals surface area contributed by atoms with Crippen molar-refractivity contribution in [2.45, 2.75) is 40.3 Å². The number of carbonyl (C=O) groups is 1.